The van der Waals surface area contributed by atoms with E-state index in [1.54, 1.807) is 6.92 Å². The van der Waals surface area contributed by atoms with Crippen molar-refractivity contribution in [3.8, 4) is 11.8 Å². The van der Waals surface area contributed by atoms with Crippen molar-refractivity contribution in [3.05, 3.63) is 59.7 Å². The van der Waals surface area contributed by atoms with Gasteiger partial charge in [0, 0.05) is 0 Å². The number of benzene rings is 2. The molecule has 0 saturated carbocycles. The van der Waals surface area contributed by atoms with Crippen molar-refractivity contribution in [2.24, 2.45) is 0 Å². The van der Waals surface area contributed by atoms with Crippen LogP contribution >= 0.6 is 0 Å². The Bertz CT molecular complexity index is 834. The van der Waals surface area contributed by atoms with Gasteiger partial charge in [0.2, 0.25) is 0 Å². The Kier molecular flexibility index (Phi) is 4.98. The van der Waals surface area contributed by atoms with Gasteiger partial charge in [-0.2, -0.15) is 13.7 Å². The molecule has 23 heavy (non-hydrogen) atoms. The number of esters is 1. The second kappa shape index (κ2) is 6.94. The minimum Gasteiger partial charge on any atom is -0.462 e. The number of carbonyl (C=O) groups is 1. The largest absolute Gasteiger partial charge is 0.462 e. The minimum absolute atomic E-state index is 0.0880. The molecule has 118 valence electrons. The summed E-state index contributed by atoms with van der Waals surface area (Å²) in [4.78, 5) is 11.4. The van der Waals surface area contributed by atoms with Crippen LogP contribution in [0.4, 0.5) is 0 Å². The lowest BCUT2D eigenvalue weighted by molar-refractivity contribution is 0.0526. The molecule has 7 heteroatoms. The molecule has 2 aromatic carbocycles. The Morgan fingerprint density at radius 1 is 1.09 bits per heavy atom. The van der Waals surface area contributed by atoms with Gasteiger partial charge >= 0.3 is 16.1 Å². The highest BCUT2D eigenvalue weighted by atomic mass is 32.2. The van der Waals surface area contributed by atoms with Crippen molar-refractivity contribution in [3.63, 3.8) is 0 Å². The number of hydrogen-bond donors (Lipinski definition) is 0. The molecule has 0 bridgehead atoms. The van der Waals surface area contributed by atoms with Crippen LogP contribution in [0.25, 0.3) is 0 Å². The molecule has 0 saturated heterocycles. The number of ether oxygens (including phenoxy) is 1. The number of nitrogens with zero attached hydrogens (tertiary/aromatic N) is 1. The van der Waals surface area contributed by atoms with Crippen LogP contribution in [0.1, 0.15) is 22.8 Å². The fourth-order valence-electron chi connectivity index (χ4n) is 1.73. The van der Waals surface area contributed by atoms with E-state index < -0.39 is 16.1 Å². The molecular weight excluding hydrogens is 318 g/mol. The summed E-state index contributed by atoms with van der Waals surface area (Å²) in [7, 11) is -4.02. The maximum atomic E-state index is 12.2. The van der Waals surface area contributed by atoms with E-state index >= 15 is 0 Å². The summed E-state index contributed by atoms with van der Waals surface area (Å²) in [5.41, 5.74) is 0.651. The molecule has 2 aromatic rings. The van der Waals surface area contributed by atoms with Crippen LogP contribution in [0.2, 0.25) is 0 Å². The first-order chi connectivity index (χ1) is 11.0. The molecule has 0 fully saturated rings. The summed E-state index contributed by atoms with van der Waals surface area (Å²) in [5, 5.41) is 8.70. The summed E-state index contributed by atoms with van der Waals surface area (Å²) in [6.45, 7) is 1.92. The second-order valence-electron chi connectivity index (χ2n) is 4.42. The van der Waals surface area contributed by atoms with E-state index in [9.17, 15) is 13.2 Å². The first kappa shape index (κ1) is 16.5. The van der Waals surface area contributed by atoms with E-state index in [1.807, 2.05) is 6.07 Å². The quantitative estimate of drug-likeness (QED) is 0.617. The van der Waals surface area contributed by atoms with Gasteiger partial charge in [-0.25, -0.2) is 4.79 Å². The zero-order valence-electron chi connectivity index (χ0n) is 12.2. The Morgan fingerprint density at radius 2 is 1.70 bits per heavy atom. The van der Waals surface area contributed by atoms with E-state index in [2.05, 4.69) is 0 Å². The maximum Gasteiger partial charge on any atom is 0.339 e. The van der Waals surface area contributed by atoms with Crippen molar-refractivity contribution in [2.75, 3.05) is 6.61 Å². The third-order valence-corrected chi connectivity index (χ3v) is 4.10. The molecule has 2 rings (SSSR count). The van der Waals surface area contributed by atoms with Gasteiger partial charge in [-0.1, -0.05) is 0 Å². The van der Waals surface area contributed by atoms with Crippen LogP contribution < -0.4 is 4.18 Å². The lowest BCUT2D eigenvalue weighted by Gasteiger charge is -2.07. The van der Waals surface area contributed by atoms with E-state index in [1.165, 1.54) is 48.5 Å². The molecule has 0 N–H and O–H groups in total. The second-order valence-corrected chi connectivity index (χ2v) is 5.96. The highest BCUT2D eigenvalue weighted by Crippen LogP contribution is 2.19. The van der Waals surface area contributed by atoms with Crippen molar-refractivity contribution < 1.29 is 22.1 Å². The van der Waals surface area contributed by atoms with Crippen molar-refractivity contribution in [1.29, 1.82) is 5.26 Å². The van der Waals surface area contributed by atoms with Crippen LogP contribution in [-0.4, -0.2) is 21.0 Å². The first-order valence-corrected chi connectivity index (χ1v) is 8.09. The SMILES string of the molecule is CCOC(=O)c1ccc(S(=O)(=O)Oc2ccc(C#N)cc2)cc1. The third kappa shape index (κ3) is 4.08. The lowest BCUT2D eigenvalue weighted by atomic mass is 10.2. The number of rotatable bonds is 5. The van der Waals surface area contributed by atoms with Crippen LogP contribution in [-0.2, 0) is 14.9 Å². The Balaban J connectivity index is 2.18. The van der Waals surface area contributed by atoms with Gasteiger partial charge in [0.05, 0.1) is 23.8 Å². The molecule has 0 atom stereocenters. The predicted octanol–water partition coefficient (Wildman–Crippen LogP) is 2.50. The number of nitriles is 1. The van der Waals surface area contributed by atoms with Gasteiger partial charge in [-0.05, 0) is 55.5 Å². The van der Waals surface area contributed by atoms with E-state index in [-0.39, 0.29) is 22.8 Å². The van der Waals surface area contributed by atoms with Gasteiger partial charge in [0.15, 0.2) is 0 Å². The average molecular weight is 331 g/mol. The number of carbonyl (C=O) groups excluding carboxylic acids is 1. The molecule has 0 unspecified atom stereocenters. The van der Waals surface area contributed by atoms with Crippen LogP contribution in [0.5, 0.6) is 5.75 Å². The Labute approximate surface area is 134 Å². The molecule has 0 aliphatic rings. The van der Waals surface area contributed by atoms with Crippen LogP contribution in [0, 0.1) is 11.3 Å². The molecule has 0 heterocycles. The van der Waals surface area contributed by atoms with Crippen molar-refractivity contribution in [1.82, 2.24) is 0 Å². The maximum absolute atomic E-state index is 12.2. The van der Waals surface area contributed by atoms with Crippen molar-refractivity contribution >= 4 is 16.1 Å². The smallest absolute Gasteiger partial charge is 0.339 e. The molecule has 0 aromatic heterocycles. The predicted molar refractivity (Wildman–Crippen MR) is 81.4 cm³/mol. The third-order valence-electron chi connectivity index (χ3n) is 2.84. The van der Waals surface area contributed by atoms with Crippen LogP contribution in [0.15, 0.2) is 53.4 Å². The monoisotopic (exact) mass is 331 g/mol. The van der Waals surface area contributed by atoms with Gasteiger partial charge in [-0.15, -0.1) is 0 Å². The first-order valence-electron chi connectivity index (χ1n) is 6.68. The zero-order valence-corrected chi connectivity index (χ0v) is 13.0. The Hall–Kier alpha value is -2.85. The molecule has 0 amide bonds. The zero-order chi connectivity index (χ0) is 16.9. The van der Waals surface area contributed by atoms with Crippen LogP contribution in [0.3, 0.4) is 0 Å². The van der Waals surface area contributed by atoms with E-state index in [0.29, 0.717) is 5.56 Å². The molecule has 0 aliphatic heterocycles. The topological polar surface area (TPSA) is 93.5 Å². The summed E-state index contributed by atoms with van der Waals surface area (Å²) in [6, 6.07) is 12.9. The summed E-state index contributed by atoms with van der Waals surface area (Å²) >= 11 is 0. The normalized spacial score (nSPS) is 10.6. The Morgan fingerprint density at radius 3 is 2.22 bits per heavy atom. The van der Waals surface area contributed by atoms with Crippen molar-refractivity contribution in [2.45, 2.75) is 11.8 Å². The number of hydrogen-bond acceptors (Lipinski definition) is 6. The van der Waals surface area contributed by atoms with Gasteiger partial charge in [0.1, 0.15) is 10.6 Å². The highest BCUT2D eigenvalue weighted by molar-refractivity contribution is 7.87. The molecule has 6 nitrogen and oxygen atoms in total. The van der Waals surface area contributed by atoms with E-state index in [0.717, 1.165) is 0 Å². The van der Waals surface area contributed by atoms with Gasteiger partial charge in [-0.3, -0.25) is 0 Å². The van der Waals surface area contributed by atoms with E-state index in [4.69, 9.17) is 14.2 Å². The molecule has 0 aliphatic carbocycles. The molecular formula is C16H13NO5S. The fourth-order valence-corrected chi connectivity index (χ4v) is 2.66. The average Bonchev–Trinajstić information content (AvgIpc) is 2.55. The minimum atomic E-state index is -4.02. The molecule has 0 spiro atoms. The summed E-state index contributed by atoms with van der Waals surface area (Å²) < 4.78 is 34.1. The van der Waals surface area contributed by atoms with Gasteiger partial charge < -0.3 is 8.92 Å². The lowest BCUT2D eigenvalue weighted by Crippen LogP contribution is -2.10. The summed E-state index contributed by atoms with van der Waals surface area (Å²) in [5.74, 6) is -0.428. The molecule has 0 radical (unpaired) electrons. The summed E-state index contributed by atoms with van der Waals surface area (Å²) in [6.07, 6.45) is 0. The highest BCUT2D eigenvalue weighted by Gasteiger charge is 2.17. The van der Waals surface area contributed by atoms with Gasteiger partial charge in [0.25, 0.3) is 0 Å². The standard InChI is InChI=1S/C16H13NO5S/c1-2-21-16(18)13-5-9-15(10-6-13)23(19,20)22-14-7-3-12(11-17)4-8-14/h3-10H,2H2,1H3. The fraction of sp³-hybridized carbons (Fsp3) is 0.125.